The molecule has 0 radical (unpaired) electrons. The van der Waals surface area contributed by atoms with Crippen LogP contribution in [-0.4, -0.2) is 62.4 Å². The summed E-state index contributed by atoms with van der Waals surface area (Å²) in [4.78, 5) is 18.4. The van der Waals surface area contributed by atoms with E-state index in [0.717, 1.165) is 36.7 Å². The standard InChI is InChI=1S/C20H31ClN4O3/c1-20(2,3)28-19(26)24-15-9-11-25(13-15)18(22-4)23-10-8-14-6-7-16(27-5)12-17(14)21/h6-7,12,15H,8-11,13H2,1-5H3,(H,22,23)(H,24,26). The van der Waals surface area contributed by atoms with E-state index in [2.05, 4.69) is 20.5 Å². The van der Waals surface area contributed by atoms with Crippen molar-refractivity contribution < 1.29 is 14.3 Å². The number of methoxy groups -OCH3 is 1. The first-order chi connectivity index (χ1) is 13.2. The van der Waals surface area contributed by atoms with Gasteiger partial charge in [0.25, 0.3) is 0 Å². The van der Waals surface area contributed by atoms with E-state index < -0.39 is 5.60 Å². The van der Waals surface area contributed by atoms with Gasteiger partial charge in [-0.3, -0.25) is 4.99 Å². The van der Waals surface area contributed by atoms with E-state index in [9.17, 15) is 4.79 Å². The molecule has 1 aliphatic heterocycles. The zero-order valence-corrected chi connectivity index (χ0v) is 18.1. The van der Waals surface area contributed by atoms with Gasteiger partial charge in [0.05, 0.1) is 13.2 Å². The van der Waals surface area contributed by atoms with E-state index in [-0.39, 0.29) is 12.1 Å². The van der Waals surface area contributed by atoms with Crippen molar-refractivity contribution in [3.63, 3.8) is 0 Å². The minimum Gasteiger partial charge on any atom is -0.497 e. The first kappa shape index (κ1) is 22.1. The number of halogens is 1. The smallest absolute Gasteiger partial charge is 0.407 e. The Balaban J connectivity index is 1.80. The van der Waals surface area contributed by atoms with Crippen LogP contribution in [0.25, 0.3) is 0 Å². The van der Waals surface area contributed by atoms with E-state index >= 15 is 0 Å². The van der Waals surface area contributed by atoms with Gasteiger partial charge in [0.1, 0.15) is 11.4 Å². The van der Waals surface area contributed by atoms with E-state index in [1.54, 1.807) is 14.2 Å². The third kappa shape index (κ3) is 6.78. The van der Waals surface area contributed by atoms with Crippen LogP contribution >= 0.6 is 11.6 Å². The molecule has 2 N–H and O–H groups in total. The lowest BCUT2D eigenvalue weighted by molar-refractivity contribution is 0.0507. The Morgan fingerprint density at radius 1 is 1.39 bits per heavy atom. The average molecular weight is 411 g/mol. The number of carbonyl (C=O) groups excluding carboxylic acids is 1. The van der Waals surface area contributed by atoms with E-state index in [1.807, 2.05) is 39.0 Å². The van der Waals surface area contributed by atoms with Gasteiger partial charge in [-0.2, -0.15) is 0 Å². The molecule has 156 valence electrons. The number of hydrogen-bond acceptors (Lipinski definition) is 4. The van der Waals surface area contributed by atoms with E-state index in [4.69, 9.17) is 21.1 Å². The molecule has 2 rings (SSSR count). The molecule has 0 aliphatic carbocycles. The van der Waals surface area contributed by atoms with Crippen molar-refractivity contribution in [2.75, 3.05) is 33.8 Å². The molecule has 1 saturated heterocycles. The predicted octanol–water partition coefficient (Wildman–Crippen LogP) is 3.07. The van der Waals surface area contributed by atoms with Crippen LogP contribution in [0.3, 0.4) is 0 Å². The lowest BCUT2D eigenvalue weighted by atomic mass is 10.1. The number of guanidine groups is 1. The lowest BCUT2D eigenvalue weighted by Gasteiger charge is -2.23. The van der Waals surface area contributed by atoms with Gasteiger partial charge in [0.2, 0.25) is 0 Å². The summed E-state index contributed by atoms with van der Waals surface area (Å²) in [5.41, 5.74) is 0.555. The molecule has 0 aromatic heterocycles. The molecule has 7 nitrogen and oxygen atoms in total. The number of benzene rings is 1. The number of nitrogens with zero attached hydrogens (tertiary/aromatic N) is 2. The molecule has 1 heterocycles. The first-order valence-corrected chi connectivity index (χ1v) is 9.87. The number of likely N-dealkylation sites (tertiary alicyclic amines) is 1. The van der Waals surface area contributed by atoms with Gasteiger partial charge in [-0.1, -0.05) is 17.7 Å². The maximum Gasteiger partial charge on any atom is 0.407 e. The molecule has 1 fully saturated rings. The summed E-state index contributed by atoms with van der Waals surface area (Å²) >= 11 is 6.30. The lowest BCUT2D eigenvalue weighted by Crippen LogP contribution is -2.44. The highest BCUT2D eigenvalue weighted by atomic mass is 35.5. The van der Waals surface area contributed by atoms with Crippen LogP contribution < -0.4 is 15.4 Å². The highest BCUT2D eigenvalue weighted by molar-refractivity contribution is 6.31. The fourth-order valence-electron chi connectivity index (χ4n) is 3.04. The molecule has 1 aromatic carbocycles. The number of rotatable bonds is 5. The van der Waals surface area contributed by atoms with Gasteiger partial charge in [-0.05, 0) is 51.3 Å². The molecule has 1 amide bonds. The molecule has 28 heavy (non-hydrogen) atoms. The Morgan fingerprint density at radius 2 is 2.14 bits per heavy atom. The number of amides is 1. The van der Waals surface area contributed by atoms with Crippen LogP contribution in [0.4, 0.5) is 4.79 Å². The number of carbonyl (C=O) groups is 1. The van der Waals surface area contributed by atoms with Crippen molar-refractivity contribution in [3.8, 4) is 5.75 Å². The zero-order chi connectivity index (χ0) is 20.7. The van der Waals surface area contributed by atoms with Crippen molar-refractivity contribution in [3.05, 3.63) is 28.8 Å². The Hall–Kier alpha value is -2.15. The van der Waals surface area contributed by atoms with E-state index in [0.29, 0.717) is 18.1 Å². The summed E-state index contributed by atoms with van der Waals surface area (Å²) in [7, 11) is 3.38. The first-order valence-electron chi connectivity index (χ1n) is 9.49. The third-order valence-electron chi connectivity index (χ3n) is 4.36. The zero-order valence-electron chi connectivity index (χ0n) is 17.3. The number of nitrogens with one attached hydrogen (secondary N) is 2. The van der Waals surface area contributed by atoms with Gasteiger partial charge < -0.3 is 25.0 Å². The number of alkyl carbamates (subject to hydrolysis) is 1. The van der Waals surface area contributed by atoms with Crippen molar-refractivity contribution >= 4 is 23.7 Å². The highest BCUT2D eigenvalue weighted by Gasteiger charge is 2.27. The van der Waals surface area contributed by atoms with Gasteiger partial charge in [0, 0.05) is 31.7 Å². The summed E-state index contributed by atoms with van der Waals surface area (Å²) in [5.74, 6) is 1.57. The second-order valence-corrected chi connectivity index (χ2v) is 8.17. The summed E-state index contributed by atoms with van der Waals surface area (Å²) in [6.07, 6.45) is 1.25. The molecule has 0 bridgehead atoms. The molecular weight excluding hydrogens is 380 g/mol. The summed E-state index contributed by atoms with van der Waals surface area (Å²) < 4.78 is 10.5. The van der Waals surface area contributed by atoms with Crippen LogP contribution in [0.1, 0.15) is 32.8 Å². The molecule has 1 aliphatic rings. The van der Waals surface area contributed by atoms with Crippen molar-refractivity contribution in [1.82, 2.24) is 15.5 Å². The average Bonchev–Trinajstić information content (AvgIpc) is 3.06. The van der Waals surface area contributed by atoms with Crippen LogP contribution in [-0.2, 0) is 11.2 Å². The molecule has 0 saturated carbocycles. The highest BCUT2D eigenvalue weighted by Crippen LogP contribution is 2.22. The quantitative estimate of drug-likeness (QED) is 0.576. The Bertz CT molecular complexity index is 703. The fourth-order valence-corrected chi connectivity index (χ4v) is 3.31. The topological polar surface area (TPSA) is 75.2 Å². The normalized spacial score (nSPS) is 17.4. The van der Waals surface area contributed by atoms with Crippen molar-refractivity contribution in [2.24, 2.45) is 4.99 Å². The second kappa shape index (κ2) is 9.87. The third-order valence-corrected chi connectivity index (χ3v) is 4.71. The van der Waals surface area contributed by atoms with Gasteiger partial charge in [-0.15, -0.1) is 0 Å². The van der Waals surface area contributed by atoms with Crippen LogP contribution in [0.2, 0.25) is 5.02 Å². The van der Waals surface area contributed by atoms with Gasteiger partial charge in [0.15, 0.2) is 5.96 Å². The maximum atomic E-state index is 11.9. The molecule has 1 unspecified atom stereocenters. The Morgan fingerprint density at radius 3 is 2.75 bits per heavy atom. The number of hydrogen-bond donors (Lipinski definition) is 2. The van der Waals surface area contributed by atoms with Crippen LogP contribution in [0, 0.1) is 0 Å². The molecule has 8 heteroatoms. The van der Waals surface area contributed by atoms with Gasteiger partial charge >= 0.3 is 6.09 Å². The van der Waals surface area contributed by atoms with Crippen molar-refractivity contribution in [1.29, 1.82) is 0 Å². The predicted molar refractivity (Wildman–Crippen MR) is 112 cm³/mol. The SMILES string of the molecule is CN=C(NCCc1ccc(OC)cc1Cl)N1CCC(NC(=O)OC(C)(C)C)C1. The number of ether oxygens (including phenoxy) is 2. The van der Waals surface area contributed by atoms with Crippen LogP contribution in [0.5, 0.6) is 5.75 Å². The largest absolute Gasteiger partial charge is 0.497 e. The second-order valence-electron chi connectivity index (χ2n) is 7.76. The minimum absolute atomic E-state index is 0.0458. The maximum absolute atomic E-state index is 11.9. The summed E-state index contributed by atoms with van der Waals surface area (Å²) in [5, 5.41) is 6.99. The summed E-state index contributed by atoms with van der Waals surface area (Å²) in [6, 6.07) is 5.74. The van der Waals surface area contributed by atoms with Crippen molar-refractivity contribution in [2.45, 2.75) is 45.3 Å². The molecule has 1 aromatic rings. The van der Waals surface area contributed by atoms with Gasteiger partial charge in [-0.25, -0.2) is 4.79 Å². The fraction of sp³-hybridized carbons (Fsp3) is 0.600. The Labute approximate surface area is 172 Å². The monoisotopic (exact) mass is 410 g/mol. The number of aliphatic imine (C=N–C) groups is 1. The summed E-state index contributed by atoms with van der Waals surface area (Å²) in [6.45, 7) is 7.79. The van der Waals surface area contributed by atoms with Crippen LogP contribution in [0.15, 0.2) is 23.2 Å². The van der Waals surface area contributed by atoms with E-state index in [1.165, 1.54) is 0 Å². The minimum atomic E-state index is -0.497. The molecular formula is C20H31ClN4O3. The molecule has 0 spiro atoms. The molecule has 1 atom stereocenters. The Kier molecular flexibility index (Phi) is 7.80.